The van der Waals surface area contributed by atoms with E-state index < -0.39 is 0 Å². The van der Waals surface area contributed by atoms with Crippen molar-refractivity contribution in [2.45, 2.75) is 26.8 Å². The summed E-state index contributed by atoms with van der Waals surface area (Å²) in [6.07, 6.45) is 0. The van der Waals surface area contributed by atoms with Crippen LogP contribution >= 0.6 is 35.4 Å². The Bertz CT molecular complexity index is 472. The maximum atomic E-state index is 5.94. The lowest BCUT2D eigenvalue weighted by Gasteiger charge is -2.10. The first-order valence-corrected chi connectivity index (χ1v) is 6.62. The first-order chi connectivity index (χ1) is 8.40. The molecule has 0 atom stereocenters. The minimum Gasteiger partial charge on any atom is -0.359 e. The maximum Gasteiger partial charge on any atom is 0.187 e. The Kier molecular flexibility index (Phi) is 5.85. The number of benzene rings is 1. The summed E-state index contributed by atoms with van der Waals surface area (Å²) in [6, 6.07) is 5.63. The third kappa shape index (κ3) is 4.80. The molecule has 1 rings (SSSR count). The highest BCUT2D eigenvalue weighted by molar-refractivity contribution is 7.80. The van der Waals surface area contributed by atoms with E-state index in [9.17, 15) is 0 Å². The summed E-state index contributed by atoms with van der Waals surface area (Å²) in [5.74, 6) is 0. The first-order valence-electron chi connectivity index (χ1n) is 5.46. The third-order valence-electron chi connectivity index (χ3n) is 2.08. The molecule has 2 N–H and O–H groups in total. The summed E-state index contributed by atoms with van der Waals surface area (Å²) in [5.41, 5.74) is 4.45. The molecule has 0 aliphatic carbocycles. The van der Waals surface area contributed by atoms with Gasteiger partial charge in [-0.1, -0.05) is 29.3 Å². The molecule has 0 aromatic heterocycles. The van der Waals surface area contributed by atoms with Crippen molar-refractivity contribution in [3.05, 3.63) is 33.8 Å². The van der Waals surface area contributed by atoms with Gasteiger partial charge in [-0.25, -0.2) is 0 Å². The van der Waals surface area contributed by atoms with Gasteiger partial charge in [-0.2, -0.15) is 5.10 Å². The predicted octanol–water partition coefficient (Wildman–Crippen LogP) is 3.59. The van der Waals surface area contributed by atoms with E-state index in [2.05, 4.69) is 15.8 Å². The summed E-state index contributed by atoms with van der Waals surface area (Å²) in [7, 11) is 0. The van der Waals surface area contributed by atoms with Crippen molar-refractivity contribution in [2.75, 3.05) is 0 Å². The minimum absolute atomic E-state index is 0.269. The van der Waals surface area contributed by atoms with Crippen LogP contribution < -0.4 is 10.7 Å². The fraction of sp³-hybridized carbons (Fsp3) is 0.333. The fourth-order valence-corrected chi connectivity index (χ4v) is 1.79. The standard InChI is InChI=1S/C12H15Cl2N3S/c1-7(2)15-12(18)17-16-8(3)9-4-5-10(13)11(14)6-9/h4-7H,1-3H3,(H2,15,17,18). The van der Waals surface area contributed by atoms with Crippen molar-refractivity contribution < 1.29 is 0 Å². The summed E-state index contributed by atoms with van der Waals surface area (Å²) in [6.45, 7) is 5.87. The predicted molar refractivity (Wildman–Crippen MR) is 82.7 cm³/mol. The lowest BCUT2D eigenvalue weighted by atomic mass is 10.1. The number of nitrogens with zero attached hydrogens (tertiary/aromatic N) is 1. The molecule has 98 valence electrons. The largest absolute Gasteiger partial charge is 0.359 e. The van der Waals surface area contributed by atoms with E-state index in [0.29, 0.717) is 15.2 Å². The zero-order valence-electron chi connectivity index (χ0n) is 10.4. The van der Waals surface area contributed by atoms with Gasteiger partial charge in [0.2, 0.25) is 0 Å². The molecule has 0 bridgehead atoms. The van der Waals surface area contributed by atoms with Crippen molar-refractivity contribution in [3.63, 3.8) is 0 Å². The molecular weight excluding hydrogens is 289 g/mol. The number of thiocarbonyl (C=S) groups is 1. The van der Waals surface area contributed by atoms with Gasteiger partial charge >= 0.3 is 0 Å². The molecule has 18 heavy (non-hydrogen) atoms. The van der Waals surface area contributed by atoms with Gasteiger partial charge in [0, 0.05) is 6.04 Å². The second kappa shape index (κ2) is 6.92. The number of halogens is 2. The average Bonchev–Trinajstić information content (AvgIpc) is 2.28. The zero-order chi connectivity index (χ0) is 13.7. The molecule has 1 aromatic rings. The zero-order valence-corrected chi connectivity index (χ0v) is 12.7. The molecule has 0 unspecified atom stereocenters. The van der Waals surface area contributed by atoms with Crippen LogP contribution in [0.5, 0.6) is 0 Å². The summed E-state index contributed by atoms with van der Waals surface area (Å²) < 4.78 is 0. The number of hydrazone groups is 1. The number of hydrogen-bond acceptors (Lipinski definition) is 2. The molecule has 0 aliphatic heterocycles. The van der Waals surface area contributed by atoms with Gasteiger partial charge in [0.1, 0.15) is 0 Å². The summed E-state index contributed by atoms with van der Waals surface area (Å²) >= 11 is 16.9. The molecule has 0 saturated carbocycles. The average molecular weight is 304 g/mol. The van der Waals surface area contributed by atoms with Gasteiger partial charge in [-0.3, -0.25) is 5.43 Å². The van der Waals surface area contributed by atoms with Crippen LogP contribution in [0.2, 0.25) is 10.0 Å². The minimum atomic E-state index is 0.269. The Labute approximate surface area is 123 Å². The van der Waals surface area contributed by atoms with Crippen LogP contribution in [0.25, 0.3) is 0 Å². The molecule has 0 radical (unpaired) electrons. The van der Waals surface area contributed by atoms with Gasteiger partial charge in [0.05, 0.1) is 15.8 Å². The highest BCUT2D eigenvalue weighted by atomic mass is 35.5. The van der Waals surface area contributed by atoms with E-state index in [4.69, 9.17) is 35.4 Å². The Morgan fingerprint density at radius 3 is 2.50 bits per heavy atom. The van der Waals surface area contributed by atoms with Gasteiger partial charge < -0.3 is 5.32 Å². The van der Waals surface area contributed by atoms with Crippen LogP contribution in [0.4, 0.5) is 0 Å². The lowest BCUT2D eigenvalue weighted by Crippen LogP contribution is -2.37. The molecule has 1 aromatic carbocycles. The van der Waals surface area contributed by atoms with Crippen molar-refractivity contribution in [1.82, 2.24) is 10.7 Å². The Balaban J connectivity index is 2.71. The van der Waals surface area contributed by atoms with E-state index in [0.717, 1.165) is 11.3 Å². The molecule has 0 spiro atoms. The monoisotopic (exact) mass is 303 g/mol. The maximum absolute atomic E-state index is 5.94. The van der Waals surface area contributed by atoms with Crippen molar-refractivity contribution in [2.24, 2.45) is 5.10 Å². The molecular formula is C12H15Cl2N3S. The van der Waals surface area contributed by atoms with Crippen LogP contribution in [0.3, 0.4) is 0 Å². The van der Waals surface area contributed by atoms with Crippen molar-refractivity contribution in [1.29, 1.82) is 0 Å². The van der Waals surface area contributed by atoms with E-state index in [1.165, 1.54) is 0 Å². The van der Waals surface area contributed by atoms with E-state index >= 15 is 0 Å². The smallest absolute Gasteiger partial charge is 0.187 e. The first kappa shape index (κ1) is 15.2. The van der Waals surface area contributed by atoms with Gasteiger partial charge in [-0.05, 0) is 50.7 Å². The fourth-order valence-electron chi connectivity index (χ4n) is 1.21. The van der Waals surface area contributed by atoms with Gasteiger partial charge in [-0.15, -0.1) is 0 Å². The Morgan fingerprint density at radius 1 is 1.28 bits per heavy atom. The Hall–Kier alpha value is -0.840. The van der Waals surface area contributed by atoms with Crippen LogP contribution in [0.1, 0.15) is 26.3 Å². The van der Waals surface area contributed by atoms with Gasteiger partial charge in [0.25, 0.3) is 0 Å². The molecule has 0 amide bonds. The second-order valence-electron chi connectivity index (χ2n) is 4.07. The van der Waals surface area contributed by atoms with Crippen molar-refractivity contribution >= 4 is 46.2 Å². The quantitative estimate of drug-likeness (QED) is 0.509. The van der Waals surface area contributed by atoms with Crippen LogP contribution in [0, 0.1) is 0 Å². The molecule has 0 fully saturated rings. The molecule has 0 saturated heterocycles. The van der Waals surface area contributed by atoms with Gasteiger partial charge in [0.15, 0.2) is 5.11 Å². The molecule has 0 heterocycles. The molecule has 0 aliphatic rings. The SMILES string of the molecule is CC(=NNC(=S)NC(C)C)c1ccc(Cl)c(Cl)c1. The Morgan fingerprint density at radius 2 is 1.94 bits per heavy atom. The van der Waals surface area contributed by atoms with E-state index in [-0.39, 0.29) is 6.04 Å². The number of nitrogens with one attached hydrogen (secondary N) is 2. The number of rotatable bonds is 3. The summed E-state index contributed by atoms with van der Waals surface area (Å²) in [4.78, 5) is 0. The summed E-state index contributed by atoms with van der Waals surface area (Å²) in [5, 5.41) is 8.74. The highest BCUT2D eigenvalue weighted by Crippen LogP contribution is 2.22. The third-order valence-corrected chi connectivity index (χ3v) is 3.03. The number of hydrogen-bond donors (Lipinski definition) is 2. The van der Waals surface area contributed by atoms with E-state index in [1.807, 2.05) is 26.8 Å². The van der Waals surface area contributed by atoms with Crippen LogP contribution in [-0.4, -0.2) is 16.9 Å². The lowest BCUT2D eigenvalue weighted by molar-refractivity contribution is 0.719. The highest BCUT2D eigenvalue weighted by Gasteiger charge is 2.03. The molecule has 3 nitrogen and oxygen atoms in total. The van der Waals surface area contributed by atoms with E-state index in [1.54, 1.807) is 12.1 Å². The molecule has 6 heteroatoms. The topological polar surface area (TPSA) is 36.4 Å². The van der Waals surface area contributed by atoms with Crippen LogP contribution in [0.15, 0.2) is 23.3 Å². The van der Waals surface area contributed by atoms with Crippen LogP contribution in [-0.2, 0) is 0 Å². The second-order valence-corrected chi connectivity index (χ2v) is 5.29. The normalized spacial score (nSPS) is 11.6. The van der Waals surface area contributed by atoms with Crippen molar-refractivity contribution in [3.8, 4) is 0 Å².